The number of Topliss-reactive ketones (excluding diaryl/α,β-unsaturated/α-hetero) is 1. The molecular formula is C17H13N3O3. The molecule has 0 saturated heterocycles. The van der Waals surface area contributed by atoms with E-state index in [0.717, 1.165) is 5.56 Å². The predicted octanol–water partition coefficient (Wildman–Crippen LogP) is 1.51. The molecule has 4 rings (SSSR count). The Labute approximate surface area is 131 Å². The van der Waals surface area contributed by atoms with Crippen molar-refractivity contribution in [2.24, 2.45) is 9.98 Å². The van der Waals surface area contributed by atoms with Gasteiger partial charge in [0.25, 0.3) is 5.91 Å². The second kappa shape index (κ2) is 5.01. The average molecular weight is 307 g/mol. The van der Waals surface area contributed by atoms with Crippen molar-refractivity contribution in [1.82, 2.24) is 4.98 Å². The van der Waals surface area contributed by atoms with Crippen molar-refractivity contribution < 1.29 is 14.3 Å². The number of ketones is 1. The molecule has 1 atom stereocenters. The van der Waals surface area contributed by atoms with Crippen molar-refractivity contribution in [3.05, 3.63) is 53.2 Å². The summed E-state index contributed by atoms with van der Waals surface area (Å²) in [6, 6.07) is 11.2. The van der Waals surface area contributed by atoms with Gasteiger partial charge in [0.15, 0.2) is 11.7 Å². The Morgan fingerprint density at radius 1 is 1.17 bits per heavy atom. The van der Waals surface area contributed by atoms with Crippen molar-refractivity contribution in [3.8, 4) is 5.88 Å². The normalized spacial score (nSPS) is 19.6. The minimum Gasteiger partial charge on any atom is -0.482 e. The topological polar surface area (TPSA) is 83.9 Å². The van der Waals surface area contributed by atoms with Crippen LogP contribution >= 0.6 is 0 Å². The van der Waals surface area contributed by atoms with Gasteiger partial charge in [0.05, 0.1) is 13.0 Å². The summed E-state index contributed by atoms with van der Waals surface area (Å²) < 4.78 is 5.25. The van der Waals surface area contributed by atoms with Gasteiger partial charge in [0.1, 0.15) is 18.0 Å². The summed E-state index contributed by atoms with van der Waals surface area (Å²) in [5.41, 5.74) is 2.86. The highest BCUT2D eigenvalue weighted by Gasteiger charge is 2.41. The molecule has 2 heterocycles. The lowest BCUT2D eigenvalue weighted by Crippen LogP contribution is -2.39. The minimum absolute atomic E-state index is 0.0804. The molecule has 6 heteroatoms. The Morgan fingerprint density at radius 2 is 1.96 bits per heavy atom. The molecule has 1 amide bonds. The van der Waals surface area contributed by atoms with E-state index >= 15 is 0 Å². The van der Waals surface area contributed by atoms with Crippen LogP contribution in [0.5, 0.6) is 5.88 Å². The van der Waals surface area contributed by atoms with Crippen LogP contribution in [0.25, 0.3) is 0 Å². The maximum absolute atomic E-state index is 12.9. The number of aliphatic imine (C=N–C) groups is 2. The molecule has 0 bridgehead atoms. The van der Waals surface area contributed by atoms with Gasteiger partial charge >= 0.3 is 0 Å². The molecule has 114 valence electrons. The zero-order valence-corrected chi connectivity index (χ0v) is 12.4. The van der Waals surface area contributed by atoms with E-state index in [2.05, 4.69) is 15.0 Å². The van der Waals surface area contributed by atoms with Crippen molar-refractivity contribution in [1.29, 1.82) is 0 Å². The van der Waals surface area contributed by atoms with Crippen molar-refractivity contribution >= 4 is 23.1 Å². The van der Waals surface area contributed by atoms with Gasteiger partial charge in [-0.05, 0) is 5.56 Å². The molecule has 1 aliphatic carbocycles. The van der Waals surface area contributed by atoms with Crippen molar-refractivity contribution in [2.45, 2.75) is 5.92 Å². The Morgan fingerprint density at radius 3 is 2.70 bits per heavy atom. The highest BCUT2D eigenvalue weighted by atomic mass is 16.5. The second-order valence-corrected chi connectivity index (χ2v) is 5.39. The molecule has 1 aromatic carbocycles. The first-order chi connectivity index (χ1) is 11.2. The van der Waals surface area contributed by atoms with Crippen LogP contribution in [0.15, 0.2) is 46.4 Å². The third-order valence-electron chi connectivity index (χ3n) is 4.05. The summed E-state index contributed by atoms with van der Waals surface area (Å²) in [5, 5.41) is 0. The van der Waals surface area contributed by atoms with Crippen LogP contribution < -0.4 is 4.74 Å². The molecular weight excluding hydrogens is 294 g/mol. The van der Waals surface area contributed by atoms with Crippen LogP contribution in [0.2, 0.25) is 0 Å². The molecule has 0 saturated carbocycles. The summed E-state index contributed by atoms with van der Waals surface area (Å²) in [4.78, 5) is 35.9. The van der Waals surface area contributed by atoms with E-state index < -0.39 is 5.92 Å². The smallest absolute Gasteiger partial charge is 0.267 e. The standard InChI is InChI=1S/C17H13N3O3/c1-23-12-7-10-14(20-12)13(9-5-3-2-4-6-9)17(22)16-15(10)19-11(21)8-18-16/h2-7,13,20H,8H2,1H3. The van der Waals surface area contributed by atoms with Crippen LogP contribution in [0.3, 0.4) is 0 Å². The molecule has 0 radical (unpaired) electrons. The second-order valence-electron chi connectivity index (χ2n) is 5.39. The quantitative estimate of drug-likeness (QED) is 0.912. The van der Waals surface area contributed by atoms with Gasteiger partial charge in [0.2, 0.25) is 0 Å². The zero-order chi connectivity index (χ0) is 16.0. The number of ether oxygens (including phenoxy) is 1. The van der Waals surface area contributed by atoms with Gasteiger partial charge in [-0.3, -0.25) is 14.6 Å². The number of amides is 1. The summed E-state index contributed by atoms with van der Waals surface area (Å²) in [7, 11) is 1.54. The number of fused-ring (bicyclic) bond motifs is 3. The number of methoxy groups -OCH3 is 1. The number of aromatic nitrogens is 1. The SMILES string of the molecule is COc1cc2c([nH]1)C(c1ccccc1)C(=O)C1=NCC(=O)N=C12. The van der Waals surface area contributed by atoms with Crippen molar-refractivity contribution in [2.75, 3.05) is 13.7 Å². The number of aromatic amines is 1. The molecule has 1 N–H and O–H groups in total. The van der Waals surface area contributed by atoms with E-state index in [9.17, 15) is 9.59 Å². The third-order valence-corrected chi connectivity index (χ3v) is 4.05. The molecule has 1 unspecified atom stereocenters. The Bertz CT molecular complexity index is 878. The number of carbonyl (C=O) groups excluding carboxylic acids is 2. The van der Waals surface area contributed by atoms with Gasteiger partial charge in [0, 0.05) is 17.3 Å². The number of nitrogens with one attached hydrogen (secondary N) is 1. The maximum Gasteiger partial charge on any atom is 0.267 e. The molecule has 2 aromatic rings. The third kappa shape index (κ3) is 2.03. The Balaban J connectivity index is 1.97. The first-order valence-corrected chi connectivity index (χ1v) is 7.22. The van der Waals surface area contributed by atoms with Crippen LogP contribution in [0.1, 0.15) is 22.7 Å². The number of H-pyrrole nitrogens is 1. The van der Waals surface area contributed by atoms with E-state index in [1.54, 1.807) is 13.2 Å². The van der Waals surface area contributed by atoms with Crippen LogP contribution in [-0.4, -0.2) is 41.8 Å². The maximum atomic E-state index is 12.9. The molecule has 23 heavy (non-hydrogen) atoms. The van der Waals surface area contributed by atoms with Gasteiger partial charge in [-0.2, -0.15) is 0 Å². The number of hydrogen-bond donors (Lipinski definition) is 1. The predicted molar refractivity (Wildman–Crippen MR) is 84.5 cm³/mol. The molecule has 2 aliphatic rings. The number of rotatable bonds is 2. The largest absolute Gasteiger partial charge is 0.482 e. The summed E-state index contributed by atoms with van der Waals surface area (Å²) in [6.07, 6.45) is 0. The fraction of sp³-hybridized carbons (Fsp3) is 0.176. The fourth-order valence-corrected chi connectivity index (χ4v) is 3.03. The van der Waals surface area contributed by atoms with E-state index in [0.29, 0.717) is 22.8 Å². The van der Waals surface area contributed by atoms with E-state index in [4.69, 9.17) is 4.74 Å². The monoisotopic (exact) mass is 307 g/mol. The van der Waals surface area contributed by atoms with E-state index in [1.807, 2.05) is 30.3 Å². The Kier molecular flexibility index (Phi) is 2.97. The van der Waals surface area contributed by atoms with E-state index in [-0.39, 0.29) is 23.9 Å². The molecule has 0 spiro atoms. The van der Waals surface area contributed by atoms with Gasteiger partial charge < -0.3 is 9.72 Å². The molecule has 1 aliphatic heterocycles. The first-order valence-electron chi connectivity index (χ1n) is 7.22. The van der Waals surface area contributed by atoms with Gasteiger partial charge in [-0.1, -0.05) is 30.3 Å². The number of hydrogen-bond acceptors (Lipinski definition) is 4. The van der Waals surface area contributed by atoms with Crippen LogP contribution in [-0.2, 0) is 9.59 Å². The first kappa shape index (κ1) is 13.6. The molecule has 6 nitrogen and oxygen atoms in total. The van der Waals surface area contributed by atoms with Gasteiger partial charge in [-0.25, -0.2) is 4.99 Å². The fourth-order valence-electron chi connectivity index (χ4n) is 3.03. The number of benzene rings is 1. The van der Waals surface area contributed by atoms with Crippen LogP contribution in [0.4, 0.5) is 0 Å². The molecule has 0 fully saturated rings. The lowest BCUT2D eigenvalue weighted by molar-refractivity contribution is -0.116. The lowest BCUT2D eigenvalue weighted by Gasteiger charge is -2.25. The Hall–Kier alpha value is -3.02. The summed E-state index contributed by atoms with van der Waals surface area (Å²) >= 11 is 0. The summed E-state index contributed by atoms with van der Waals surface area (Å²) in [6.45, 7) is -0.0804. The molecule has 1 aromatic heterocycles. The zero-order valence-electron chi connectivity index (χ0n) is 12.4. The lowest BCUT2D eigenvalue weighted by atomic mass is 9.79. The summed E-state index contributed by atoms with van der Waals surface area (Å²) in [5.74, 6) is -0.480. The van der Waals surface area contributed by atoms with Crippen LogP contribution in [0, 0.1) is 0 Å². The van der Waals surface area contributed by atoms with Gasteiger partial charge in [-0.15, -0.1) is 0 Å². The highest BCUT2D eigenvalue weighted by Crippen LogP contribution is 2.36. The van der Waals surface area contributed by atoms with Crippen molar-refractivity contribution in [3.63, 3.8) is 0 Å². The minimum atomic E-state index is -0.499. The average Bonchev–Trinajstić information content (AvgIpc) is 3.00. The number of nitrogens with zero attached hydrogens (tertiary/aromatic N) is 2. The number of carbonyl (C=O) groups is 2. The highest BCUT2D eigenvalue weighted by molar-refractivity contribution is 6.74. The van der Waals surface area contributed by atoms with E-state index in [1.165, 1.54) is 0 Å².